The first-order valence-electron chi connectivity index (χ1n) is 8.75. The Labute approximate surface area is 145 Å². The number of hydrogen-bond donors (Lipinski definition) is 1. The Bertz CT molecular complexity index is 833. The van der Waals surface area contributed by atoms with Gasteiger partial charge in [0.25, 0.3) is 0 Å². The highest BCUT2D eigenvalue weighted by atomic mass is 16.6. The lowest BCUT2D eigenvalue weighted by Gasteiger charge is -2.43. The van der Waals surface area contributed by atoms with Gasteiger partial charge in [0.1, 0.15) is 11.8 Å². The Morgan fingerprint density at radius 1 is 1.44 bits per heavy atom. The molecule has 1 spiro atoms. The number of aliphatic hydroxyl groups excluding tert-OH is 1. The van der Waals surface area contributed by atoms with Crippen molar-refractivity contribution < 1.29 is 19.4 Å². The lowest BCUT2D eigenvalue weighted by molar-refractivity contribution is -0.163. The highest BCUT2D eigenvalue weighted by Gasteiger charge is 2.78. The third-order valence-electron chi connectivity index (χ3n) is 6.62. The Morgan fingerprint density at radius 3 is 2.96 bits per heavy atom. The molecule has 1 aromatic rings. The first-order chi connectivity index (χ1) is 11.9. The maximum atomic E-state index is 13.3. The summed E-state index contributed by atoms with van der Waals surface area (Å²) in [6.07, 6.45) is 0.137. The summed E-state index contributed by atoms with van der Waals surface area (Å²) in [6, 6.07) is 7.56. The highest BCUT2D eigenvalue weighted by Crippen LogP contribution is 2.65. The molecule has 1 aromatic carbocycles. The largest absolute Gasteiger partial charge is 0.390 e. The molecule has 0 aliphatic carbocycles. The minimum Gasteiger partial charge on any atom is -0.390 e. The van der Waals surface area contributed by atoms with Gasteiger partial charge in [-0.05, 0) is 37.6 Å². The summed E-state index contributed by atoms with van der Waals surface area (Å²) in [4.78, 5) is 15.0. The van der Waals surface area contributed by atoms with Crippen LogP contribution in [-0.4, -0.2) is 41.2 Å². The molecule has 0 saturated carbocycles. The predicted octanol–water partition coefficient (Wildman–Crippen LogP) is 1.48. The van der Waals surface area contributed by atoms with Crippen molar-refractivity contribution in [2.75, 3.05) is 11.5 Å². The van der Waals surface area contributed by atoms with Gasteiger partial charge in [-0.3, -0.25) is 9.69 Å². The van der Waals surface area contributed by atoms with Gasteiger partial charge in [0, 0.05) is 18.5 Å². The van der Waals surface area contributed by atoms with Gasteiger partial charge >= 0.3 is 0 Å². The van der Waals surface area contributed by atoms with Gasteiger partial charge in [-0.1, -0.05) is 0 Å². The molecule has 4 aliphatic rings. The van der Waals surface area contributed by atoms with Crippen LogP contribution in [0.4, 0.5) is 5.69 Å². The molecule has 0 radical (unpaired) electrons. The van der Waals surface area contributed by atoms with Crippen LogP contribution in [0, 0.1) is 30.1 Å². The van der Waals surface area contributed by atoms with Gasteiger partial charge in [-0.2, -0.15) is 5.26 Å². The van der Waals surface area contributed by atoms with Gasteiger partial charge < -0.3 is 14.6 Å². The fourth-order valence-corrected chi connectivity index (χ4v) is 5.60. The second kappa shape index (κ2) is 4.61. The lowest BCUT2D eigenvalue weighted by Crippen LogP contribution is -2.56. The summed E-state index contributed by atoms with van der Waals surface area (Å²) in [5.74, 6) is -0.451. The number of anilines is 1. The first kappa shape index (κ1) is 15.3. The van der Waals surface area contributed by atoms with Gasteiger partial charge in [0.2, 0.25) is 5.91 Å². The fourth-order valence-electron chi connectivity index (χ4n) is 5.60. The molecular weight excluding hydrogens is 320 g/mol. The van der Waals surface area contributed by atoms with Crippen LogP contribution in [-0.2, 0) is 14.3 Å². The molecule has 4 fully saturated rings. The number of aliphatic hydroxyl groups is 1. The van der Waals surface area contributed by atoms with E-state index in [4.69, 9.17) is 14.7 Å². The number of carbonyl (C=O) groups is 1. The summed E-state index contributed by atoms with van der Waals surface area (Å²) >= 11 is 0. The van der Waals surface area contributed by atoms with Crippen LogP contribution in [0.5, 0.6) is 0 Å². The van der Waals surface area contributed by atoms with E-state index >= 15 is 0 Å². The van der Waals surface area contributed by atoms with E-state index in [-0.39, 0.29) is 17.7 Å². The van der Waals surface area contributed by atoms with Crippen LogP contribution in [0.1, 0.15) is 30.9 Å². The molecule has 6 atom stereocenters. The van der Waals surface area contributed by atoms with Crippen LogP contribution in [0.3, 0.4) is 0 Å². The van der Waals surface area contributed by atoms with Crippen LogP contribution in [0.15, 0.2) is 18.2 Å². The van der Waals surface area contributed by atoms with Gasteiger partial charge in [0.15, 0.2) is 0 Å². The molecule has 1 N–H and O–H groups in total. The number of rotatable bonds is 1. The zero-order chi connectivity index (χ0) is 17.6. The lowest BCUT2D eigenvalue weighted by atomic mass is 9.65. The third-order valence-corrected chi connectivity index (χ3v) is 6.62. The van der Waals surface area contributed by atoms with Gasteiger partial charge in [0.05, 0.1) is 41.8 Å². The van der Waals surface area contributed by atoms with Gasteiger partial charge in [-0.15, -0.1) is 0 Å². The predicted molar refractivity (Wildman–Crippen MR) is 87.6 cm³/mol. The van der Waals surface area contributed by atoms with Crippen LogP contribution in [0.25, 0.3) is 0 Å². The molecular formula is C19H20N2O4. The average Bonchev–Trinajstić information content (AvgIpc) is 3.11. The Hall–Kier alpha value is -1.94. The van der Waals surface area contributed by atoms with Crippen molar-refractivity contribution in [1.29, 1.82) is 5.26 Å². The van der Waals surface area contributed by atoms with Crippen molar-refractivity contribution in [3.63, 3.8) is 0 Å². The van der Waals surface area contributed by atoms with E-state index in [0.717, 1.165) is 11.3 Å². The van der Waals surface area contributed by atoms with E-state index in [2.05, 4.69) is 6.07 Å². The van der Waals surface area contributed by atoms with E-state index in [1.165, 1.54) is 0 Å². The average molecular weight is 340 g/mol. The van der Waals surface area contributed by atoms with Gasteiger partial charge in [-0.25, -0.2) is 0 Å². The molecule has 0 unspecified atom stereocenters. The molecule has 130 valence electrons. The zero-order valence-electron chi connectivity index (χ0n) is 14.2. The van der Waals surface area contributed by atoms with E-state index in [1.54, 1.807) is 17.0 Å². The minimum absolute atomic E-state index is 0.00252. The second-order valence-corrected chi connectivity index (χ2v) is 7.92. The number of aryl methyl sites for hydroxylation is 1. The molecule has 4 aliphatic heterocycles. The highest BCUT2D eigenvalue weighted by molar-refractivity contribution is 6.00. The van der Waals surface area contributed by atoms with Crippen molar-refractivity contribution in [2.24, 2.45) is 11.8 Å². The molecule has 4 heterocycles. The SMILES string of the molecule is Cc1cc(N2C(=O)[C@H]3[C@H]4[C@@H]2OCC[C@@]42O[C@]3(C)C[C@@H]2O)ccc1C#N. The maximum absolute atomic E-state index is 13.3. The molecule has 25 heavy (non-hydrogen) atoms. The van der Waals surface area contributed by atoms with Crippen molar-refractivity contribution in [3.05, 3.63) is 29.3 Å². The van der Waals surface area contributed by atoms with E-state index in [9.17, 15) is 9.90 Å². The number of fused-ring (bicyclic) bond motifs is 2. The quantitative estimate of drug-likeness (QED) is 0.837. The summed E-state index contributed by atoms with van der Waals surface area (Å²) in [5.41, 5.74) is 0.872. The number of ether oxygens (including phenoxy) is 2. The number of amides is 1. The van der Waals surface area contributed by atoms with E-state index in [0.29, 0.717) is 25.0 Å². The normalized spacial score (nSPS) is 44.1. The van der Waals surface area contributed by atoms with Crippen molar-refractivity contribution in [1.82, 2.24) is 0 Å². The Kier molecular flexibility index (Phi) is 2.83. The maximum Gasteiger partial charge on any atom is 0.235 e. The van der Waals surface area contributed by atoms with E-state index < -0.39 is 23.5 Å². The van der Waals surface area contributed by atoms with Crippen LogP contribution >= 0.6 is 0 Å². The number of carbonyl (C=O) groups excluding carboxylic acids is 1. The monoisotopic (exact) mass is 340 g/mol. The third kappa shape index (κ3) is 1.66. The van der Waals surface area contributed by atoms with Crippen LogP contribution < -0.4 is 4.90 Å². The summed E-state index contributed by atoms with van der Waals surface area (Å²) in [5, 5.41) is 19.8. The second-order valence-electron chi connectivity index (χ2n) is 7.92. The first-order valence-corrected chi connectivity index (χ1v) is 8.75. The molecule has 1 amide bonds. The van der Waals surface area contributed by atoms with Crippen LogP contribution in [0.2, 0.25) is 0 Å². The summed E-state index contributed by atoms with van der Waals surface area (Å²) in [7, 11) is 0. The fraction of sp³-hybridized carbons (Fsp3) is 0.579. The minimum atomic E-state index is -0.672. The molecule has 6 heteroatoms. The number of benzene rings is 1. The number of nitrogens with zero attached hydrogens (tertiary/aromatic N) is 2. The molecule has 6 nitrogen and oxygen atoms in total. The molecule has 4 saturated heterocycles. The Balaban J connectivity index is 1.62. The number of hydrogen-bond acceptors (Lipinski definition) is 5. The zero-order valence-corrected chi connectivity index (χ0v) is 14.2. The standard InChI is InChI=1S/C19H20N2O4/c1-10-7-12(4-3-11(10)9-20)21-16(23)14-15-17(21)24-6-5-19(15)13(22)8-18(14,2)25-19/h3-4,7,13-15,17,22H,5-6,8H2,1-2H3/t13-,14+,15-,17-,18+,19-/m0/s1. The smallest absolute Gasteiger partial charge is 0.235 e. The summed E-state index contributed by atoms with van der Waals surface area (Å²) in [6.45, 7) is 4.26. The number of nitriles is 1. The van der Waals surface area contributed by atoms with E-state index in [1.807, 2.05) is 19.9 Å². The van der Waals surface area contributed by atoms with Crippen molar-refractivity contribution in [3.8, 4) is 6.07 Å². The van der Waals surface area contributed by atoms with Crippen molar-refractivity contribution in [2.45, 2.75) is 50.2 Å². The molecule has 0 aromatic heterocycles. The molecule has 2 bridgehead atoms. The van der Waals surface area contributed by atoms with Crippen molar-refractivity contribution >= 4 is 11.6 Å². The Morgan fingerprint density at radius 2 is 2.24 bits per heavy atom. The summed E-state index contributed by atoms with van der Waals surface area (Å²) < 4.78 is 12.3. The topological polar surface area (TPSA) is 82.8 Å². The molecule has 5 rings (SSSR count).